The van der Waals surface area contributed by atoms with E-state index in [4.69, 9.17) is 5.11 Å². The number of carboxylic acids is 1. The zero-order valence-electron chi connectivity index (χ0n) is 7.84. The van der Waals surface area contributed by atoms with Crippen LogP contribution in [-0.2, 0) is 0 Å². The Bertz CT molecular complexity index is 398. The molecule has 0 unspecified atom stereocenters. The van der Waals surface area contributed by atoms with Crippen LogP contribution in [0.5, 0.6) is 0 Å². The van der Waals surface area contributed by atoms with Crippen molar-refractivity contribution in [2.75, 3.05) is 13.1 Å². The smallest absolute Gasteiger partial charge is 0.358 e. The third-order valence-corrected chi connectivity index (χ3v) is 2.99. The summed E-state index contributed by atoms with van der Waals surface area (Å²) < 4.78 is 3.50. The molecule has 0 aliphatic carbocycles. The van der Waals surface area contributed by atoms with Crippen molar-refractivity contribution in [2.45, 2.75) is 12.8 Å². The second kappa shape index (κ2) is 3.93. The molecule has 80 valence electrons. The van der Waals surface area contributed by atoms with Crippen LogP contribution in [0, 0.1) is 0 Å². The molecule has 0 radical (unpaired) electrons. The van der Waals surface area contributed by atoms with Crippen molar-refractivity contribution < 1.29 is 14.7 Å². The Kier molecular flexibility index (Phi) is 2.63. The maximum atomic E-state index is 11.8. The number of carboxylic acid groups (broad SMARTS) is 1. The van der Waals surface area contributed by atoms with E-state index in [1.807, 2.05) is 0 Å². The Morgan fingerprint density at radius 3 is 2.60 bits per heavy atom. The number of carbonyl (C=O) groups is 2. The molecular formula is C8H9N3O3S. The molecule has 1 fully saturated rings. The van der Waals surface area contributed by atoms with Gasteiger partial charge in [-0.3, -0.25) is 4.79 Å². The van der Waals surface area contributed by atoms with E-state index >= 15 is 0 Å². The maximum Gasteiger partial charge on any atom is 0.358 e. The molecule has 0 atom stereocenters. The lowest BCUT2D eigenvalue weighted by molar-refractivity contribution is 0.0676. The Morgan fingerprint density at radius 2 is 2.00 bits per heavy atom. The topological polar surface area (TPSA) is 83.4 Å². The van der Waals surface area contributed by atoms with Crippen molar-refractivity contribution in [3.8, 4) is 0 Å². The lowest BCUT2D eigenvalue weighted by Gasteiger charge is -2.13. The van der Waals surface area contributed by atoms with E-state index < -0.39 is 5.97 Å². The first-order chi connectivity index (χ1) is 7.20. The quantitative estimate of drug-likeness (QED) is 0.794. The van der Waals surface area contributed by atoms with Crippen molar-refractivity contribution in [2.24, 2.45) is 0 Å². The van der Waals surface area contributed by atoms with Gasteiger partial charge in [-0.25, -0.2) is 4.79 Å². The van der Waals surface area contributed by atoms with Gasteiger partial charge in [-0.1, -0.05) is 4.49 Å². The van der Waals surface area contributed by atoms with E-state index in [1.165, 1.54) is 0 Å². The van der Waals surface area contributed by atoms with Crippen molar-refractivity contribution in [1.29, 1.82) is 0 Å². The number of amides is 1. The molecule has 7 heteroatoms. The van der Waals surface area contributed by atoms with Crippen molar-refractivity contribution >= 4 is 23.4 Å². The Balaban J connectivity index is 2.24. The van der Waals surface area contributed by atoms with Gasteiger partial charge in [0, 0.05) is 13.1 Å². The third kappa shape index (κ3) is 1.82. The zero-order valence-corrected chi connectivity index (χ0v) is 8.66. The summed E-state index contributed by atoms with van der Waals surface area (Å²) in [5.74, 6) is -1.47. The van der Waals surface area contributed by atoms with Gasteiger partial charge < -0.3 is 10.0 Å². The summed E-state index contributed by atoms with van der Waals surface area (Å²) >= 11 is 0.840. The highest BCUT2D eigenvalue weighted by Crippen LogP contribution is 2.17. The predicted octanol–water partition coefficient (Wildman–Crippen LogP) is 0.472. The number of likely N-dealkylation sites (tertiary alicyclic amines) is 1. The Hall–Kier alpha value is -1.50. The second-order valence-corrected chi connectivity index (χ2v) is 4.01. The van der Waals surface area contributed by atoms with Crippen LogP contribution in [-0.4, -0.2) is 44.6 Å². The summed E-state index contributed by atoms with van der Waals surface area (Å²) in [5, 5.41) is 12.2. The highest BCUT2D eigenvalue weighted by atomic mass is 32.1. The fourth-order valence-corrected chi connectivity index (χ4v) is 2.16. The van der Waals surface area contributed by atoms with Gasteiger partial charge in [0.05, 0.1) is 0 Å². The fraction of sp³-hybridized carbons (Fsp3) is 0.500. The summed E-state index contributed by atoms with van der Waals surface area (Å²) in [6.45, 7) is 1.38. The minimum atomic E-state index is -1.20. The molecule has 1 aliphatic heterocycles. The minimum absolute atomic E-state index is 0.129. The van der Waals surface area contributed by atoms with Gasteiger partial charge in [0.1, 0.15) is 4.88 Å². The van der Waals surface area contributed by atoms with Gasteiger partial charge >= 0.3 is 5.97 Å². The van der Waals surface area contributed by atoms with Crippen molar-refractivity contribution in [3.05, 3.63) is 10.6 Å². The molecule has 1 amide bonds. The number of aromatic carboxylic acids is 1. The average molecular weight is 227 g/mol. The van der Waals surface area contributed by atoms with Crippen LogP contribution in [0.1, 0.15) is 33.0 Å². The number of aromatic nitrogens is 2. The van der Waals surface area contributed by atoms with Gasteiger partial charge in [0.15, 0.2) is 5.69 Å². The molecule has 2 heterocycles. The van der Waals surface area contributed by atoms with Crippen LogP contribution in [0.4, 0.5) is 0 Å². The molecule has 1 aliphatic rings. The van der Waals surface area contributed by atoms with E-state index in [0.29, 0.717) is 13.1 Å². The molecule has 6 nitrogen and oxygen atoms in total. The summed E-state index contributed by atoms with van der Waals surface area (Å²) in [6.07, 6.45) is 1.95. The van der Waals surface area contributed by atoms with Gasteiger partial charge in [0.2, 0.25) is 0 Å². The number of carbonyl (C=O) groups excluding carboxylic acids is 1. The van der Waals surface area contributed by atoms with Gasteiger partial charge in [-0.2, -0.15) is 0 Å². The van der Waals surface area contributed by atoms with Gasteiger partial charge in [-0.15, -0.1) is 5.10 Å². The lowest BCUT2D eigenvalue weighted by atomic mass is 10.3. The molecule has 1 saturated heterocycles. The first kappa shape index (κ1) is 10.0. The maximum absolute atomic E-state index is 11.8. The van der Waals surface area contributed by atoms with Crippen LogP contribution >= 0.6 is 11.5 Å². The molecule has 0 spiro atoms. The van der Waals surface area contributed by atoms with Crippen LogP contribution < -0.4 is 0 Å². The SMILES string of the molecule is O=C(O)c1nnsc1C(=O)N1CCCC1. The monoisotopic (exact) mass is 227 g/mol. The standard InChI is InChI=1S/C8H9N3O3S/c12-7(11-3-1-2-4-11)6-5(8(13)14)9-10-15-6/h1-4H2,(H,13,14). The van der Waals surface area contributed by atoms with Crippen LogP contribution in [0.3, 0.4) is 0 Å². The highest BCUT2D eigenvalue weighted by Gasteiger charge is 2.27. The number of nitrogens with zero attached hydrogens (tertiary/aromatic N) is 3. The van der Waals surface area contributed by atoms with Crippen molar-refractivity contribution in [1.82, 2.24) is 14.5 Å². The van der Waals surface area contributed by atoms with Crippen LogP contribution in [0.15, 0.2) is 0 Å². The molecule has 1 N–H and O–H groups in total. The molecule has 15 heavy (non-hydrogen) atoms. The van der Waals surface area contributed by atoms with Gasteiger partial charge in [0.25, 0.3) is 5.91 Å². The molecule has 0 aromatic carbocycles. The van der Waals surface area contributed by atoms with Gasteiger partial charge in [-0.05, 0) is 24.4 Å². The minimum Gasteiger partial charge on any atom is -0.476 e. The Labute approximate surface area is 89.7 Å². The third-order valence-electron chi connectivity index (χ3n) is 2.28. The van der Waals surface area contributed by atoms with Crippen LogP contribution in [0.2, 0.25) is 0 Å². The molecule has 1 aromatic rings. The highest BCUT2D eigenvalue weighted by molar-refractivity contribution is 7.08. The molecule has 1 aromatic heterocycles. The fourth-order valence-electron chi connectivity index (χ4n) is 1.53. The lowest BCUT2D eigenvalue weighted by Crippen LogP contribution is -2.28. The normalized spacial score (nSPS) is 15.6. The summed E-state index contributed by atoms with van der Waals surface area (Å²) in [6, 6.07) is 0. The molecule has 0 bridgehead atoms. The number of hydrogen-bond acceptors (Lipinski definition) is 5. The molecule has 0 saturated carbocycles. The van der Waals surface area contributed by atoms with E-state index in [9.17, 15) is 9.59 Å². The average Bonchev–Trinajstić information content (AvgIpc) is 2.88. The van der Waals surface area contributed by atoms with E-state index in [-0.39, 0.29) is 16.5 Å². The van der Waals surface area contributed by atoms with E-state index in [2.05, 4.69) is 9.59 Å². The number of rotatable bonds is 2. The second-order valence-electron chi connectivity index (χ2n) is 3.26. The molecule has 2 rings (SSSR count). The first-order valence-corrected chi connectivity index (χ1v) is 5.32. The number of hydrogen-bond donors (Lipinski definition) is 1. The zero-order chi connectivity index (χ0) is 10.8. The first-order valence-electron chi connectivity index (χ1n) is 4.55. The summed E-state index contributed by atoms with van der Waals surface area (Å²) in [4.78, 5) is 24.3. The Morgan fingerprint density at radius 1 is 1.33 bits per heavy atom. The molecular weight excluding hydrogens is 218 g/mol. The predicted molar refractivity (Wildman–Crippen MR) is 52.0 cm³/mol. The van der Waals surface area contributed by atoms with E-state index in [0.717, 1.165) is 24.4 Å². The summed E-state index contributed by atoms with van der Waals surface area (Å²) in [5.41, 5.74) is -0.239. The van der Waals surface area contributed by atoms with Crippen LogP contribution in [0.25, 0.3) is 0 Å². The summed E-state index contributed by atoms with van der Waals surface area (Å²) in [7, 11) is 0. The van der Waals surface area contributed by atoms with E-state index in [1.54, 1.807) is 4.90 Å². The largest absolute Gasteiger partial charge is 0.476 e. The van der Waals surface area contributed by atoms with Crippen molar-refractivity contribution in [3.63, 3.8) is 0 Å².